The summed E-state index contributed by atoms with van der Waals surface area (Å²) in [5.41, 5.74) is 0.874. The molecule has 0 spiro atoms. The second-order valence-corrected chi connectivity index (χ2v) is 8.86. The maximum atomic E-state index is 12.9. The minimum absolute atomic E-state index is 0.00665. The highest BCUT2D eigenvalue weighted by molar-refractivity contribution is 7.15. The van der Waals surface area contributed by atoms with E-state index in [1.807, 2.05) is 0 Å². The van der Waals surface area contributed by atoms with Gasteiger partial charge in [-0.15, -0.1) is 11.3 Å². The van der Waals surface area contributed by atoms with E-state index < -0.39 is 18.7 Å². The molecular weight excluding hydrogens is 527 g/mol. The van der Waals surface area contributed by atoms with Gasteiger partial charge in [0.2, 0.25) is 0 Å². The van der Waals surface area contributed by atoms with Gasteiger partial charge in [-0.2, -0.15) is 8.78 Å². The smallest absolute Gasteiger partial charge is 0.387 e. The molecular formula is C23H19Cl2F2NO6S. The van der Waals surface area contributed by atoms with Crippen LogP contribution in [0.5, 0.6) is 11.5 Å². The molecule has 0 fully saturated rings. The average Bonchev–Trinajstić information content (AvgIpc) is 3.31. The average molecular weight is 546 g/mol. The van der Waals surface area contributed by atoms with Gasteiger partial charge in [0, 0.05) is 25.9 Å². The molecule has 3 aromatic rings. The molecule has 0 radical (unpaired) electrons. The van der Waals surface area contributed by atoms with Crippen LogP contribution in [0, 0.1) is 0 Å². The van der Waals surface area contributed by atoms with Gasteiger partial charge in [0.1, 0.15) is 17.6 Å². The Balaban J connectivity index is 1.98. The van der Waals surface area contributed by atoms with Crippen molar-refractivity contribution in [2.45, 2.75) is 19.1 Å². The van der Waals surface area contributed by atoms with Crippen molar-refractivity contribution in [3.63, 3.8) is 0 Å². The highest BCUT2D eigenvalue weighted by Crippen LogP contribution is 2.36. The summed E-state index contributed by atoms with van der Waals surface area (Å²) in [4.78, 5) is 28.3. The summed E-state index contributed by atoms with van der Waals surface area (Å²) >= 11 is 13.5. The topological polar surface area (TPSA) is 84.0 Å². The summed E-state index contributed by atoms with van der Waals surface area (Å²) in [5.74, 6) is -0.880. The number of ether oxygens (including phenoxy) is 4. The lowest BCUT2D eigenvalue weighted by Gasteiger charge is -2.21. The summed E-state index contributed by atoms with van der Waals surface area (Å²) in [6.07, 6.45) is 2.52. The maximum absolute atomic E-state index is 12.9. The second kappa shape index (κ2) is 12.8. The first-order valence-corrected chi connectivity index (χ1v) is 11.6. The molecule has 1 atom stereocenters. The lowest BCUT2D eigenvalue weighted by Crippen LogP contribution is -2.15. The van der Waals surface area contributed by atoms with Crippen LogP contribution in [0.1, 0.15) is 36.6 Å². The third-order valence-electron chi connectivity index (χ3n) is 4.64. The van der Waals surface area contributed by atoms with Crippen molar-refractivity contribution in [1.29, 1.82) is 0 Å². The van der Waals surface area contributed by atoms with Gasteiger partial charge in [0.15, 0.2) is 17.8 Å². The van der Waals surface area contributed by atoms with Gasteiger partial charge < -0.3 is 18.9 Å². The van der Waals surface area contributed by atoms with Crippen LogP contribution in [-0.4, -0.2) is 44.2 Å². The Morgan fingerprint density at radius 2 is 1.86 bits per heavy atom. The van der Waals surface area contributed by atoms with Crippen molar-refractivity contribution >= 4 is 46.8 Å². The third kappa shape index (κ3) is 7.35. The van der Waals surface area contributed by atoms with Crippen LogP contribution in [0.15, 0.2) is 42.7 Å². The molecule has 0 N–H and O–H groups in total. The number of pyridine rings is 1. The van der Waals surface area contributed by atoms with Gasteiger partial charge in [0.25, 0.3) is 0 Å². The lowest BCUT2D eigenvalue weighted by molar-refractivity contribution is -0.0517. The van der Waals surface area contributed by atoms with Crippen LogP contribution in [-0.2, 0) is 15.9 Å². The Morgan fingerprint density at radius 1 is 1.11 bits per heavy atom. The first-order chi connectivity index (χ1) is 16.8. The molecule has 186 valence electrons. The fourth-order valence-electron chi connectivity index (χ4n) is 3.03. The minimum atomic E-state index is -3.07. The van der Waals surface area contributed by atoms with Crippen molar-refractivity contribution in [3.8, 4) is 11.5 Å². The zero-order chi connectivity index (χ0) is 25.4. The Kier molecular flexibility index (Phi) is 9.79. The third-order valence-corrected chi connectivity index (χ3v) is 6.28. The van der Waals surface area contributed by atoms with E-state index in [0.29, 0.717) is 22.3 Å². The predicted molar refractivity (Wildman–Crippen MR) is 126 cm³/mol. The Hall–Kier alpha value is -2.79. The highest BCUT2D eigenvalue weighted by Gasteiger charge is 2.24. The zero-order valence-corrected chi connectivity index (χ0v) is 20.5. The van der Waals surface area contributed by atoms with Crippen molar-refractivity contribution in [2.24, 2.45) is 0 Å². The lowest BCUT2D eigenvalue weighted by atomic mass is 10.0. The van der Waals surface area contributed by atoms with E-state index in [0.717, 1.165) is 11.3 Å². The molecule has 0 amide bonds. The van der Waals surface area contributed by atoms with Crippen molar-refractivity contribution in [3.05, 3.63) is 73.7 Å². The van der Waals surface area contributed by atoms with E-state index in [4.69, 9.17) is 37.4 Å². The van der Waals surface area contributed by atoms with Gasteiger partial charge in [0.05, 0.1) is 21.5 Å². The summed E-state index contributed by atoms with van der Waals surface area (Å²) < 4.78 is 46.5. The normalized spacial score (nSPS) is 11.8. The number of halogens is 4. The molecule has 0 saturated carbocycles. The van der Waals surface area contributed by atoms with Crippen molar-refractivity contribution in [2.75, 3.05) is 20.3 Å². The number of aromatic nitrogens is 1. The first kappa shape index (κ1) is 26.8. The van der Waals surface area contributed by atoms with Crippen LogP contribution in [0.4, 0.5) is 8.78 Å². The number of carbonyl (C=O) groups excluding carboxylic acids is 2. The summed E-state index contributed by atoms with van der Waals surface area (Å²) in [6, 6.07) is 7.15. The predicted octanol–water partition coefficient (Wildman–Crippen LogP) is 6.03. The van der Waals surface area contributed by atoms with Crippen LogP contribution in [0.2, 0.25) is 10.0 Å². The van der Waals surface area contributed by atoms with Gasteiger partial charge in [-0.1, -0.05) is 29.3 Å². The molecule has 0 aliphatic heterocycles. The summed E-state index contributed by atoms with van der Waals surface area (Å²) in [6.45, 7) is -2.80. The van der Waals surface area contributed by atoms with Crippen molar-refractivity contribution < 1.29 is 37.3 Å². The van der Waals surface area contributed by atoms with E-state index in [1.54, 1.807) is 0 Å². The quantitative estimate of drug-likeness (QED) is 0.156. The van der Waals surface area contributed by atoms with Crippen LogP contribution in [0.3, 0.4) is 0 Å². The monoisotopic (exact) mass is 545 g/mol. The molecule has 35 heavy (non-hydrogen) atoms. The number of aldehydes is 1. The Bertz CT molecular complexity index is 1160. The molecule has 3 rings (SSSR count). The Labute approximate surface area is 213 Å². The first-order valence-electron chi connectivity index (χ1n) is 10.1. The van der Waals surface area contributed by atoms with E-state index >= 15 is 0 Å². The second-order valence-electron chi connectivity index (χ2n) is 6.93. The van der Waals surface area contributed by atoms with Crippen LogP contribution in [0.25, 0.3) is 0 Å². The highest BCUT2D eigenvalue weighted by atomic mass is 35.5. The molecule has 2 heterocycles. The number of nitrogens with zero attached hydrogens (tertiary/aromatic N) is 1. The molecule has 1 aromatic carbocycles. The van der Waals surface area contributed by atoms with E-state index in [-0.39, 0.29) is 46.1 Å². The fourth-order valence-corrected chi connectivity index (χ4v) is 4.25. The molecule has 12 heteroatoms. The number of thiophene rings is 1. The number of esters is 1. The molecule has 0 saturated heterocycles. The summed E-state index contributed by atoms with van der Waals surface area (Å²) in [7, 11) is 1.47. The number of rotatable bonds is 12. The standard InChI is InChI=1S/C23H19Cl2F2NO6S/c1-31-6-7-32-20-8-13(2-4-18(20)34-23(26)27)19(9-15-16(24)10-28-11-17(15)25)33-22(30)21-5-3-14(12-29)35-21/h2-5,8,10-12,19,23H,6-7,9H2,1H3/t19-/m0/s1. The zero-order valence-electron chi connectivity index (χ0n) is 18.2. The number of carbonyl (C=O) groups is 2. The van der Waals surface area contributed by atoms with Crippen LogP contribution < -0.4 is 9.47 Å². The van der Waals surface area contributed by atoms with Gasteiger partial charge in [-0.25, -0.2) is 4.79 Å². The largest absolute Gasteiger partial charge is 0.487 e. The molecule has 2 aromatic heterocycles. The molecule has 7 nitrogen and oxygen atoms in total. The van der Waals surface area contributed by atoms with E-state index in [1.165, 1.54) is 49.8 Å². The molecule has 0 aliphatic carbocycles. The molecule has 0 unspecified atom stereocenters. The maximum Gasteiger partial charge on any atom is 0.387 e. The van der Waals surface area contributed by atoms with E-state index in [2.05, 4.69) is 9.72 Å². The van der Waals surface area contributed by atoms with E-state index in [9.17, 15) is 18.4 Å². The SMILES string of the molecule is COCCOc1cc([C@H](Cc2c(Cl)cncc2Cl)OC(=O)c2ccc(C=O)s2)ccc1OC(F)F. The molecule has 0 bridgehead atoms. The van der Waals surface area contributed by atoms with Crippen molar-refractivity contribution in [1.82, 2.24) is 4.98 Å². The number of hydrogen-bond acceptors (Lipinski definition) is 8. The van der Waals surface area contributed by atoms with Gasteiger partial charge in [-0.05, 0) is 35.4 Å². The number of methoxy groups -OCH3 is 1. The Morgan fingerprint density at radius 3 is 2.49 bits per heavy atom. The van der Waals surface area contributed by atoms with Gasteiger partial charge >= 0.3 is 12.6 Å². The van der Waals surface area contributed by atoms with Gasteiger partial charge in [-0.3, -0.25) is 9.78 Å². The number of benzene rings is 1. The minimum Gasteiger partial charge on any atom is -0.487 e. The number of alkyl halides is 2. The fraction of sp³-hybridized carbons (Fsp3) is 0.261. The molecule has 0 aliphatic rings. The number of hydrogen-bond donors (Lipinski definition) is 0. The summed E-state index contributed by atoms with van der Waals surface area (Å²) in [5, 5.41) is 0.513. The van der Waals surface area contributed by atoms with Crippen LogP contribution >= 0.6 is 34.5 Å².